The van der Waals surface area contributed by atoms with Crippen LogP contribution in [0.3, 0.4) is 0 Å². The highest BCUT2D eigenvalue weighted by atomic mass is 16.3. The number of aromatic hydroxyl groups is 1. The standard InChI is InChI=1S/C39H70N2O/c1-18-19-20-39(28-23-35(8,9)40(16)36(10,11)24-28,29-25-37(12,13)41(17)38(14,15)26-29)27-21-30(33(2,3)4)32(42)31(22-27)34(5,6)7/h21-22,28-29,42H,18-20,23-26H2,1-17H3. The summed E-state index contributed by atoms with van der Waals surface area (Å²) in [6.07, 6.45) is 8.43. The van der Waals surface area contributed by atoms with Crippen LogP contribution in [0.4, 0.5) is 0 Å². The maximum absolute atomic E-state index is 11.8. The number of phenols is 1. The van der Waals surface area contributed by atoms with Crippen LogP contribution in [0.15, 0.2) is 12.1 Å². The van der Waals surface area contributed by atoms with Crippen LogP contribution in [0.1, 0.15) is 165 Å². The zero-order valence-corrected chi connectivity index (χ0v) is 31.1. The number of unbranched alkanes of at least 4 members (excludes halogenated alkanes) is 1. The number of nitrogens with zero attached hydrogens (tertiary/aromatic N) is 2. The summed E-state index contributed by atoms with van der Waals surface area (Å²) >= 11 is 0. The van der Waals surface area contributed by atoms with Crippen molar-refractivity contribution in [2.45, 2.75) is 187 Å². The molecular weight excluding hydrogens is 512 g/mol. The number of phenolic OH excluding ortho intramolecular Hbond substituents is 1. The molecule has 2 heterocycles. The Morgan fingerprint density at radius 1 is 0.667 bits per heavy atom. The average Bonchev–Trinajstić information content (AvgIpc) is 2.79. The molecule has 3 rings (SSSR count). The molecule has 3 nitrogen and oxygen atoms in total. The van der Waals surface area contributed by atoms with E-state index in [2.05, 4.69) is 140 Å². The molecule has 0 aromatic heterocycles. The largest absolute Gasteiger partial charge is 0.507 e. The molecule has 0 spiro atoms. The smallest absolute Gasteiger partial charge is 0.123 e. The highest BCUT2D eigenvalue weighted by Crippen LogP contribution is 2.60. The quantitative estimate of drug-likeness (QED) is 0.361. The molecule has 1 aromatic rings. The van der Waals surface area contributed by atoms with E-state index in [9.17, 15) is 5.11 Å². The van der Waals surface area contributed by atoms with Crippen molar-refractivity contribution in [1.29, 1.82) is 0 Å². The zero-order valence-electron chi connectivity index (χ0n) is 31.1. The van der Waals surface area contributed by atoms with Crippen molar-refractivity contribution in [2.24, 2.45) is 11.8 Å². The first-order chi connectivity index (χ1) is 18.7. The lowest BCUT2D eigenvalue weighted by Gasteiger charge is -2.63. The fraction of sp³-hybridized carbons (Fsp3) is 0.846. The molecular formula is C39H70N2O. The highest BCUT2D eigenvalue weighted by Gasteiger charge is 2.57. The molecule has 2 fully saturated rings. The summed E-state index contributed by atoms with van der Waals surface area (Å²) < 4.78 is 0. The van der Waals surface area contributed by atoms with Crippen molar-refractivity contribution in [3.8, 4) is 5.75 Å². The van der Waals surface area contributed by atoms with Crippen LogP contribution in [0, 0.1) is 11.8 Å². The topological polar surface area (TPSA) is 26.7 Å². The third-order valence-electron chi connectivity index (χ3n) is 12.3. The van der Waals surface area contributed by atoms with Gasteiger partial charge in [0.2, 0.25) is 0 Å². The van der Waals surface area contributed by atoms with Gasteiger partial charge < -0.3 is 5.11 Å². The molecule has 242 valence electrons. The van der Waals surface area contributed by atoms with Crippen molar-refractivity contribution in [2.75, 3.05) is 14.1 Å². The minimum absolute atomic E-state index is 0.0231. The Labute approximate surface area is 262 Å². The Kier molecular flexibility index (Phi) is 9.34. The lowest BCUT2D eigenvalue weighted by Crippen LogP contribution is -2.65. The van der Waals surface area contributed by atoms with Gasteiger partial charge in [-0.25, -0.2) is 0 Å². The first-order valence-electron chi connectivity index (χ1n) is 17.1. The predicted molar refractivity (Wildman–Crippen MR) is 184 cm³/mol. The van der Waals surface area contributed by atoms with Crippen LogP contribution >= 0.6 is 0 Å². The lowest BCUT2D eigenvalue weighted by molar-refractivity contribution is -0.0973. The Bertz CT molecular complexity index is 997. The first kappa shape index (κ1) is 35.4. The van der Waals surface area contributed by atoms with Crippen LogP contribution in [0.25, 0.3) is 0 Å². The average molecular weight is 583 g/mol. The van der Waals surface area contributed by atoms with E-state index in [1.165, 1.54) is 50.5 Å². The normalized spacial score (nSPS) is 24.2. The van der Waals surface area contributed by atoms with E-state index >= 15 is 0 Å². The summed E-state index contributed by atoms with van der Waals surface area (Å²) in [6, 6.07) is 4.97. The van der Waals surface area contributed by atoms with Gasteiger partial charge in [0.1, 0.15) is 5.75 Å². The minimum atomic E-state index is -0.146. The third-order valence-corrected chi connectivity index (χ3v) is 12.3. The van der Waals surface area contributed by atoms with Crippen LogP contribution in [-0.2, 0) is 16.2 Å². The predicted octanol–water partition coefficient (Wildman–Crippen LogP) is 10.2. The summed E-state index contributed by atoms with van der Waals surface area (Å²) in [5, 5.41) is 11.8. The van der Waals surface area contributed by atoms with E-state index in [1.54, 1.807) is 0 Å². The van der Waals surface area contributed by atoms with Crippen LogP contribution in [0.5, 0.6) is 5.75 Å². The Morgan fingerprint density at radius 3 is 1.24 bits per heavy atom. The molecule has 1 aromatic carbocycles. The Balaban J connectivity index is 2.50. The maximum Gasteiger partial charge on any atom is 0.123 e. The van der Waals surface area contributed by atoms with Gasteiger partial charge in [0.25, 0.3) is 0 Å². The second-order valence-electron chi connectivity index (χ2n) is 19.1. The molecule has 0 unspecified atom stereocenters. The van der Waals surface area contributed by atoms with E-state index in [1.807, 2.05) is 0 Å². The summed E-state index contributed by atoms with van der Waals surface area (Å²) in [5.74, 6) is 1.61. The van der Waals surface area contributed by atoms with Crippen LogP contribution in [0.2, 0.25) is 0 Å². The fourth-order valence-electron chi connectivity index (χ4n) is 9.34. The number of benzene rings is 1. The highest BCUT2D eigenvalue weighted by molar-refractivity contribution is 5.52. The van der Waals surface area contributed by atoms with Crippen molar-refractivity contribution in [3.05, 3.63) is 28.8 Å². The van der Waals surface area contributed by atoms with Gasteiger partial charge in [-0.3, -0.25) is 9.80 Å². The Hall–Kier alpha value is -1.06. The third kappa shape index (κ3) is 6.35. The Morgan fingerprint density at radius 2 is 0.976 bits per heavy atom. The van der Waals surface area contributed by atoms with Crippen molar-refractivity contribution < 1.29 is 5.11 Å². The second kappa shape index (κ2) is 11.1. The van der Waals surface area contributed by atoms with Gasteiger partial charge in [-0.05, 0) is 141 Å². The molecule has 0 atom stereocenters. The van der Waals surface area contributed by atoms with E-state index in [4.69, 9.17) is 0 Å². The van der Waals surface area contributed by atoms with Gasteiger partial charge in [0.15, 0.2) is 0 Å². The van der Waals surface area contributed by atoms with Crippen molar-refractivity contribution >= 4 is 0 Å². The first-order valence-corrected chi connectivity index (χ1v) is 17.1. The van der Waals surface area contributed by atoms with E-state index in [0.29, 0.717) is 17.6 Å². The molecule has 3 heteroatoms. The van der Waals surface area contributed by atoms with Crippen molar-refractivity contribution in [3.63, 3.8) is 0 Å². The molecule has 0 aliphatic carbocycles. The summed E-state index contributed by atoms with van der Waals surface area (Å²) in [4.78, 5) is 5.31. The number of hydrogen-bond donors (Lipinski definition) is 1. The fourth-order valence-corrected chi connectivity index (χ4v) is 9.34. The van der Waals surface area contributed by atoms with Gasteiger partial charge in [-0.2, -0.15) is 0 Å². The zero-order chi connectivity index (χ0) is 32.5. The lowest BCUT2D eigenvalue weighted by atomic mass is 9.49. The number of hydrogen-bond acceptors (Lipinski definition) is 3. The SMILES string of the molecule is CCCCC(c1cc(C(C)(C)C)c(O)c(C(C)(C)C)c1)(C1CC(C)(C)N(C)C(C)(C)C1)C1CC(C)(C)N(C)C(C)(C)C1. The second-order valence-corrected chi connectivity index (χ2v) is 19.1. The van der Waals surface area contributed by atoms with Gasteiger partial charge in [-0.15, -0.1) is 0 Å². The molecule has 2 aliphatic rings. The van der Waals surface area contributed by atoms with E-state index in [-0.39, 0.29) is 38.4 Å². The monoisotopic (exact) mass is 583 g/mol. The van der Waals surface area contributed by atoms with Gasteiger partial charge in [-0.1, -0.05) is 73.4 Å². The molecule has 2 saturated heterocycles. The van der Waals surface area contributed by atoms with Gasteiger partial charge >= 0.3 is 0 Å². The molecule has 0 saturated carbocycles. The van der Waals surface area contributed by atoms with E-state index < -0.39 is 0 Å². The number of piperidine rings is 2. The molecule has 2 aliphatic heterocycles. The van der Waals surface area contributed by atoms with Crippen LogP contribution in [-0.4, -0.2) is 51.2 Å². The van der Waals surface area contributed by atoms with Gasteiger partial charge in [0, 0.05) is 27.6 Å². The molecule has 0 radical (unpaired) electrons. The minimum Gasteiger partial charge on any atom is -0.507 e. The molecule has 1 N–H and O–H groups in total. The van der Waals surface area contributed by atoms with Gasteiger partial charge in [0.05, 0.1) is 0 Å². The molecule has 0 amide bonds. The number of likely N-dealkylation sites (tertiary alicyclic amines) is 2. The van der Waals surface area contributed by atoms with Crippen molar-refractivity contribution in [1.82, 2.24) is 9.80 Å². The van der Waals surface area contributed by atoms with Crippen LogP contribution < -0.4 is 0 Å². The molecule has 42 heavy (non-hydrogen) atoms. The maximum atomic E-state index is 11.8. The summed E-state index contributed by atoms with van der Waals surface area (Å²) in [5.41, 5.74) is 3.90. The summed E-state index contributed by atoms with van der Waals surface area (Å²) in [6.45, 7) is 35.8. The molecule has 0 bridgehead atoms. The summed E-state index contributed by atoms with van der Waals surface area (Å²) in [7, 11) is 4.70. The van der Waals surface area contributed by atoms with E-state index in [0.717, 1.165) is 11.1 Å². The number of rotatable bonds is 6.